The van der Waals surface area contributed by atoms with Crippen LogP contribution in [0.2, 0.25) is 0 Å². The van der Waals surface area contributed by atoms with Gasteiger partial charge in [-0.2, -0.15) is 5.26 Å². The number of carbonyl (C=O) groups is 2. The Morgan fingerprint density at radius 2 is 1.73 bits per heavy atom. The standard InChI is InChI=1S/C20H20N2O4/c1-14(17-6-4-3-5-7-17)22-19(23)13-25-20(24)15(2)26-18-10-8-16(12-21)9-11-18/h3-11,14-15H,13H2,1-2H3,(H,22,23)/t14-,15-/m1/s1. The molecule has 134 valence electrons. The third-order valence-electron chi connectivity index (χ3n) is 3.65. The van der Waals surface area contributed by atoms with E-state index in [1.165, 1.54) is 6.92 Å². The summed E-state index contributed by atoms with van der Waals surface area (Å²) in [5.74, 6) is -0.590. The van der Waals surface area contributed by atoms with Gasteiger partial charge in [-0.25, -0.2) is 4.79 Å². The Labute approximate surface area is 152 Å². The normalized spacial score (nSPS) is 12.3. The fourth-order valence-electron chi connectivity index (χ4n) is 2.22. The predicted octanol–water partition coefficient (Wildman–Crippen LogP) is 2.75. The Hall–Kier alpha value is -3.33. The molecule has 0 bridgehead atoms. The summed E-state index contributed by atoms with van der Waals surface area (Å²) in [5, 5.41) is 11.5. The first-order valence-corrected chi connectivity index (χ1v) is 8.17. The Morgan fingerprint density at radius 3 is 2.35 bits per heavy atom. The zero-order valence-corrected chi connectivity index (χ0v) is 14.6. The Bertz CT molecular complexity index is 782. The van der Waals surface area contributed by atoms with Gasteiger partial charge in [-0.05, 0) is 43.7 Å². The number of rotatable bonds is 7. The number of hydrogen-bond donors (Lipinski definition) is 1. The lowest BCUT2D eigenvalue weighted by molar-refractivity contribution is -0.154. The van der Waals surface area contributed by atoms with Crippen molar-refractivity contribution in [2.24, 2.45) is 0 Å². The highest BCUT2D eigenvalue weighted by atomic mass is 16.6. The lowest BCUT2D eigenvalue weighted by Crippen LogP contribution is -2.34. The third-order valence-corrected chi connectivity index (χ3v) is 3.65. The Morgan fingerprint density at radius 1 is 1.08 bits per heavy atom. The van der Waals surface area contributed by atoms with Crippen LogP contribution in [0.15, 0.2) is 54.6 Å². The van der Waals surface area contributed by atoms with Gasteiger partial charge in [0.2, 0.25) is 0 Å². The molecular weight excluding hydrogens is 332 g/mol. The topological polar surface area (TPSA) is 88.4 Å². The highest BCUT2D eigenvalue weighted by molar-refractivity contribution is 5.82. The fraction of sp³-hybridized carbons (Fsp3) is 0.250. The second-order valence-electron chi connectivity index (χ2n) is 5.70. The number of amides is 1. The Kier molecular flexibility index (Phi) is 6.75. The lowest BCUT2D eigenvalue weighted by Gasteiger charge is -2.16. The molecule has 2 aromatic carbocycles. The number of hydrogen-bond acceptors (Lipinski definition) is 5. The van der Waals surface area contributed by atoms with Crippen LogP contribution in [0.3, 0.4) is 0 Å². The highest BCUT2D eigenvalue weighted by Gasteiger charge is 2.18. The zero-order valence-electron chi connectivity index (χ0n) is 14.6. The van der Waals surface area contributed by atoms with Gasteiger partial charge in [0.25, 0.3) is 5.91 Å². The lowest BCUT2D eigenvalue weighted by atomic mass is 10.1. The van der Waals surface area contributed by atoms with Crippen molar-refractivity contribution >= 4 is 11.9 Å². The summed E-state index contributed by atoms with van der Waals surface area (Å²) in [4.78, 5) is 23.9. The number of carbonyl (C=O) groups excluding carboxylic acids is 2. The molecule has 2 aromatic rings. The van der Waals surface area contributed by atoms with Crippen molar-refractivity contribution in [2.45, 2.75) is 26.0 Å². The first-order valence-electron chi connectivity index (χ1n) is 8.17. The predicted molar refractivity (Wildman–Crippen MR) is 95.2 cm³/mol. The van der Waals surface area contributed by atoms with E-state index < -0.39 is 12.1 Å². The largest absolute Gasteiger partial charge is 0.479 e. The average molecular weight is 352 g/mol. The van der Waals surface area contributed by atoms with Crippen molar-refractivity contribution in [1.29, 1.82) is 5.26 Å². The van der Waals surface area contributed by atoms with Crippen LogP contribution in [0.1, 0.15) is 31.0 Å². The van der Waals surface area contributed by atoms with E-state index in [0.717, 1.165) is 5.56 Å². The van der Waals surface area contributed by atoms with Gasteiger partial charge in [-0.1, -0.05) is 30.3 Å². The fourth-order valence-corrected chi connectivity index (χ4v) is 2.22. The van der Waals surface area contributed by atoms with Gasteiger partial charge in [0.1, 0.15) is 5.75 Å². The second-order valence-corrected chi connectivity index (χ2v) is 5.70. The molecule has 26 heavy (non-hydrogen) atoms. The van der Waals surface area contributed by atoms with Crippen LogP contribution < -0.4 is 10.1 Å². The van der Waals surface area contributed by atoms with Crippen molar-refractivity contribution < 1.29 is 19.1 Å². The molecule has 1 amide bonds. The van der Waals surface area contributed by atoms with Crippen LogP contribution in [0, 0.1) is 11.3 Å². The summed E-state index contributed by atoms with van der Waals surface area (Å²) in [6.45, 7) is 3.01. The maximum atomic E-state index is 12.0. The quantitative estimate of drug-likeness (QED) is 0.774. The first kappa shape index (κ1) is 19.0. The molecule has 0 aromatic heterocycles. The number of nitrogens with zero attached hydrogens (tertiary/aromatic N) is 1. The molecule has 6 nitrogen and oxygen atoms in total. The molecule has 0 saturated carbocycles. The maximum Gasteiger partial charge on any atom is 0.347 e. The van der Waals surface area contributed by atoms with Gasteiger partial charge in [-0.3, -0.25) is 4.79 Å². The van der Waals surface area contributed by atoms with Crippen LogP contribution in [0.5, 0.6) is 5.75 Å². The van der Waals surface area contributed by atoms with Gasteiger partial charge >= 0.3 is 5.97 Å². The van der Waals surface area contributed by atoms with Crippen molar-refractivity contribution in [3.63, 3.8) is 0 Å². The molecule has 6 heteroatoms. The zero-order chi connectivity index (χ0) is 18.9. The van der Waals surface area contributed by atoms with Gasteiger partial charge in [0.05, 0.1) is 17.7 Å². The molecule has 1 N–H and O–H groups in total. The molecule has 0 unspecified atom stereocenters. The van der Waals surface area contributed by atoms with Crippen molar-refractivity contribution in [1.82, 2.24) is 5.32 Å². The van der Waals surface area contributed by atoms with E-state index in [9.17, 15) is 9.59 Å². The van der Waals surface area contributed by atoms with Crippen molar-refractivity contribution in [3.8, 4) is 11.8 Å². The van der Waals surface area contributed by atoms with Gasteiger partial charge in [-0.15, -0.1) is 0 Å². The van der Waals surface area contributed by atoms with Crippen LogP contribution in [-0.4, -0.2) is 24.6 Å². The maximum absolute atomic E-state index is 12.0. The summed E-state index contributed by atoms with van der Waals surface area (Å²) >= 11 is 0. The van der Waals surface area contributed by atoms with Crippen LogP contribution in [-0.2, 0) is 14.3 Å². The molecule has 0 fully saturated rings. The third kappa shape index (κ3) is 5.64. The van der Waals surface area contributed by atoms with E-state index >= 15 is 0 Å². The van der Waals surface area contributed by atoms with E-state index in [2.05, 4.69) is 5.32 Å². The minimum atomic E-state index is -0.873. The number of benzene rings is 2. The van der Waals surface area contributed by atoms with Crippen LogP contribution in [0.4, 0.5) is 0 Å². The van der Waals surface area contributed by atoms with E-state index in [1.807, 2.05) is 43.3 Å². The number of ether oxygens (including phenoxy) is 2. The second kappa shape index (κ2) is 9.23. The molecule has 0 aliphatic heterocycles. The highest BCUT2D eigenvalue weighted by Crippen LogP contribution is 2.14. The summed E-state index contributed by atoms with van der Waals surface area (Å²) in [5.41, 5.74) is 1.46. The van der Waals surface area contributed by atoms with Gasteiger partial charge < -0.3 is 14.8 Å². The first-order chi connectivity index (χ1) is 12.5. The van der Waals surface area contributed by atoms with E-state index in [4.69, 9.17) is 14.7 Å². The molecule has 0 radical (unpaired) electrons. The molecule has 0 saturated heterocycles. The average Bonchev–Trinajstić information content (AvgIpc) is 2.67. The van der Waals surface area contributed by atoms with Crippen molar-refractivity contribution in [2.75, 3.05) is 6.61 Å². The molecule has 0 aliphatic carbocycles. The SMILES string of the molecule is C[C@@H](Oc1ccc(C#N)cc1)C(=O)OCC(=O)N[C@H](C)c1ccccc1. The van der Waals surface area contributed by atoms with E-state index in [1.54, 1.807) is 24.3 Å². The summed E-state index contributed by atoms with van der Waals surface area (Å²) in [6, 6.07) is 17.7. The molecular formula is C20H20N2O4. The molecule has 2 atom stereocenters. The molecule has 0 aliphatic rings. The summed E-state index contributed by atoms with van der Waals surface area (Å²) in [6.07, 6.45) is -0.873. The summed E-state index contributed by atoms with van der Waals surface area (Å²) < 4.78 is 10.4. The van der Waals surface area contributed by atoms with Gasteiger partial charge in [0, 0.05) is 0 Å². The van der Waals surface area contributed by atoms with Crippen molar-refractivity contribution in [3.05, 3.63) is 65.7 Å². The van der Waals surface area contributed by atoms with E-state index in [-0.39, 0.29) is 18.6 Å². The van der Waals surface area contributed by atoms with Crippen LogP contribution in [0.25, 0.3) is 0 Å². The van der Waals surface area contributed by atoms with Crippen LogP contribution >= 0.6 is 0 Å². The molecule has 0 spiro atoms. The summed E-state index contributed by atoms with van der Waals surface area (Å²) in [7, 11) is 0. The molecule has 0 heterocycles. The minimum Gasteiger partial charge on any atom is -0.479 e. The number of esters is 1. The smallest absolute Gasteiger partial charge is 0.347 e. The minimum absolute atomic E-state index is 0.185. The number of nitriles is 1. The van der Waals surface area contributed by atoms with E-state index in [0.29, 0.717) is 11.3 Å². The Balaban J connectivity index is 1.77. The molecule has 2 rings (SSSR count). The van der Waals surface area contributed by atoms with Gasteiger partial charge in [0.15, 0.2) is 12.7 Å². The number of nitrogens with one attached hydrogen (secondary N) is 1. The monoisotopic (exact) mass is 352 g/mol.